The van der Waals surface area contributed by atoms with Gasteiger partial charge >= 0.3 is 0 Å². The van der Waals surface area contributed by atoms with Gasteiger partial charge in [0.15, 0.2) is 5.16 Å². The summed E-state index contributed by atoms with van der Waals surface area (Å²) in [6, 6.07) is 16.8. The third kappa shape index (κ3) is 6.45. The molecule has 0 spiro atoms. The average Bonchev–Trinajstić information content (AvgIpc) is 3.32. The van der Waals surface area contributed by atoms with Gasteiger partial charge in [-0.2, -0.15) is 0 Å². The van der Waals surface area contributed by atoms with E-state index >= 15 is 0 Å². The van der Waals surface area contributed by atoms with Gasteiger partial charge in [0.1, 0.15) is 6.33 Å². The molecule has 2 aromatic carbocycles. The highest BCUT2D eigenvalue weighted by Crippen LogP contribution is 2.22. The van der Waals surface area contributed by atoms with Gasteiger partial charge in [0, 0.05) is 13.1 Å². The molecule has 4 rings (SSSR count). The molecule has 1 aliphatic rings. The van der Waals surface area contributed by atoms with Crippen molar-refractivity contribution in [1.82, 2.24) is 25.0 Å². The normalized spacial score (nSPS) is 15.0. The number of aromatic nitrogens is 3. The summed E-state index contributed by atoms with van der Waals surface area (Å²) in [5.41, 5.74) is 4.74. The fourth-order valence-electron chi connectivity index (χ4n) is 4.16. The monoisotopic (exact) mass is 463 g/mol. The van der Waals surface area contributed by atoms with Crippen molar-refractivity contribution in [2.75, 3.05) is 18.8 Å². The lowest BCUT2D eigenvalue weighted by atomic mass is 9.99. The molecule has 0 atom stereocenters. The van der Waals surface area contributed by atoms with Crippen molar-refractivity contribution in [3.8, 4) is 5.69 Å². The largest absolute Gasteiger partial charge is 0.351 e. The summed E-state index contributed by atoms with van der Waals surface area (Å²) in [4.78, 5) is 15.0. The van der Waals surface area contributed by atoms with Crippen LogP contribution >= 0.6 is 11.8 Å². The number of para-hydroxylation sites is 1. The molecule has 174 valence electrons. The van der Waals surface area contributed by atoms with E-state index in [1.54, 1.807) is 6.33 Å². The molecule has 6 nitrogen and oxygen atoms in total. The molecule has 1 N–H and O–H groups in total. The SMILES string of the molecule is CCc1ccccc1-n1cnnc1SCC(=O)NCc1ccc(CN2CCC(C)CC2)cc1. The number of thioether (sulfide) groups is 1. The van der Waals surface area contributed by atoms with E-state index in [2.05, 4.69) is 70.7 Å². The summed E-state index contributed by atoms with van der Waals surface area (Å²) < 4.78 is 1.96. The molecule has 1 amide bonds. The van der Waals surface area contributed by atoms with Gasteiger partial charge in [0.25, 0.3) is 0 Å². The molecule has 1 aromatic heterocycles. The topological polar surface area (TPSA) is 63.1 Å². The van der Waals surface area contributed by atoms with Crippen LogP contribution in [0.25, 0.3) is 5.69 Å². The van der Waals surface area contributed by atoms with E-state index in [0.29, 0.717) is 12.3 Å². The van der Waals surface area contributed by atoms with Crippen LogP contribution in [0.4, 0.5) is 0 Å². The Labute approximate surface area is 200 Å². The number of aryl methyl sites for hydroxylation is 1. The Morgan fingerprint density at radius 1 is 1.09 bits per heavy atom. The second-order valence-corrected chi connectivity index (χ2v) is 9.75. The standard InChI is InChI=1S/C26H33N5OS/c1-3-23-6-4-5-7-24(23)31-19-28-29-26(31)33-18-25(32)27-16-21-8-10-22(11-9-21)17-30-14-12-20(2)13-15-30/h4-11,19-20H,3,12-18H2,1-2H3,(H,27,32). The summed E-state index contributed by atoms with van der Waals surface area (Å²) in [5, 5.41) is 12.0. The Morgan fingerprint density at radius 3 is 2.58 bits per heavy atom. The fourth-order valence-corrected chi connectivity index (χ4v) is 4.91. The number of carbonyl (C=O) groups excluding carboxylic acids is 1. The number of likely N-dealkylation sites (tertiary alicyclic amines) is 1. The number of carbonyl (C=O) groups is 1. The quantitative estimate of drug-likeness (QED) is 0.475. The van der Waals surface area contributed by atoms with Crippen LogP contribution in [0.1, 0.15) is 43.4 Å². The van der Waals surface area contributed by atoms with Crippen LogP contribution in [-0.4, -0.2) is 44.4 Å². The maximum Gasteiger partial charge on any atom is 0.230 e. The lowest BCUT2D eigenvalue weighted by molar-refractivity contribution is -0.118. The lowest BCUT2D eigenvalue weighted by Crippen LogP contribution is -2.32. The van der Waals surface area contributed by atoms with Crippen LogP contribution < -0.4 is 5.32 Å². The van der Waals surface area contributed by atoms with Gasteiger partial charge in [-0.3, -0.25) is 14.3 Å². The van der Waals surface area contributed by atoms with Gasteiger partial charge in [-0.1, -0.05) is 68.1 Å². The maximum atomic E-state index is 12.4. The van der Waals surface area contributed by atoms with Crippen LogP contribution in [-0.2, 0) is 24.3 Å². The van der Waals surface area contributed by atoms with Crippen LogP contribution in [0.2, 0.25) is 0 Å². The highest BCUT2D eigenvalue weighted by atomic mass is 32.2. The first-order chi connectivity index (χ1) is 16.1. The smallest absolute Gasteiger partial charge is 0.230 e. The molecule has 7 heteroatoms. The van der Waals surface area contributed by atoms with Gasteiger partial charge < -0.3 is 5.32 Å². The maximum absolute atomic E-state index is 12.4. The van der Waals surface area contributed by atoms with Gasteiger partial charge in [-0.05, 0) is 61.0 Å². The Morgan fingerprint density at radius 2 is 1.82 bits per heavy atom. The van der Waals surface area contributed by atoms with Gasteiger partial charge in [0.05, 0.1) is 11.4 Å². The molecule has 0 bridgehead atoms. The second-order valence-electron chi connectivity index (χ2n) is 8.81. The minimum Gasteiger partial charge on any atom is -0.351 e. The molecular formula is C26H33N5OS. The van der Waals surface area contributed by atoms with E-state index in [1.807, 2.05) is 16.7 Å². The zero-order valence-corrected chi connectivity index (χ0v) is 20.4. The number of rotatable bonds is 9. The third-order valence-corrected chi connectivity index (χ3v) is 7.22. The number of hydrogen-bond acceptors (Lipinski definition) is 5. The van der Waals surface area contributed by atoms with Crippen LogP contribution in [0, 0.1) is 5.92 Å². The third-order valence-electron chi connectivity index (χ3n) is 6.28. The molecule has 0 saturated carbocycles. The summed E-state index contributed by atoms with van der Waals surface area (Å²) >= 11 is 1.40. The fraction of sp³-hybridized carbons (Fsp3) is 0.423. The van der Waals surface area contributed by atoms with Crippen LogP contribution in [0.15, 0.2) is 60.0 Å². The van der Waals surface area contributed by atoms with Gasteiger partial charge in [-0.25, -0.2) is 0 Å². The first kappa shape index (κ1) is 23.5. The predicted octanol–water partition coefficient (Wildman–Crippen LogP) is 4.47. The molecule has 0 radical (unpaired) electrons. The molecular weight excluding hydrogens is 430 g/mol. The van der Waals surface area contributed by atoms with Crippen molar-refractivity contribution in [1.29, 1.82) is 0 Å². The number of nitrogens with zero attached hydrogens (tertiary/aromatic N) is 4. The van der Waals surface area contributed by atoms with Crippen LogP contribution in [0.3, 0.4) is 0 Å². The predicted molar refractivity (Wildman–Crippen MR) is 133 cm³/mol. The van der Waals surface area contributed by atoms with Crippen LogP contribution in [0.5, 0.6) is 0 Å². The Balaban J connectivity index is 1.25. The Hall–Kier alpha value is -2.64. The van der Waals surface area contributed by atoms with Crippen molar-refractivity contribution in [3.05, 3.63) is 71.5 Å². The molecule has 1 fully saturated rings. The van der Waals surface area contributed by atoms with Crippen molar-refractivity contribution in [2.24, 2.45) is 5.92 Å². The highest BCUT2D eigenvalue weighted by molar-refractivity contribution is 7.99. The number of piperidine rings is 1. The lowest BCUT2D eigenvalue weighted by Gasteiger charge is -2.30. The highest BCUT2D eigenvalue weighted by Gasteiger charge is 2.16. The van der Waals surface area contributed by atoms with E-state index in [0.717, 1.165) is 35.3 Å². The second kappa shape index (κ2) is 11.5. The number of hydrogen-bond donors (Lipinski definition) is 1. The van der Waals surface area contributed by atoms with E-state index in [-0.39, 0.29) is 5.91 Å². The minimum absolute atomic E-state index is 0.00941. The van der Waals surface area contributed by atoms with E-state index in [4.69, 9.17) is 0 Å². The Bertz CT molecular complexity index is 1040. The van der Waals surface area contributed by atoms with Crippen molar-refractivity contribution >= 4 is 17.7 Å². The van der Waals surface area contributed by atoms with Crippen molar-refractivity contribution < 1.29 is 4.79 Å². The van der Waals surface area contributed by atoms with E-state index < -0.39 is 0 Å². The average molecular weight is 464 g/mol. The van der Waals surface area contributed by atoms with Crippen molar-refractivity contribution in [3.63, 3.8) is 0 Å². The molecule has 33 heavy (non-hydrogen) atoms. The molecule has 3 aromatic rings. The number of amides is 1. The van der Waals surface area contributed by atoms with Crippen molar-refractivity contribution in [2.45, 2.75) is 51.4 Å². The number of nitrogens with one attached hydrogen (secondary N) is 1. The summed E-state index contributed by atoms with van der Waals surface area (Å²) in [6.07, 6.45) is 5.23. The first-order valence-corrected chi connectivity index (χ1v) is 12.8. The molecule has 2 heterocycles. The molecule has 0 unspecified atom stereocenters. The van der Waals surface area contributed by atoms with E-state index in [1.165, 1.54) is 48.8 Å². The minimum atomic E-state index is -0.00941. The Kier molecular flexibility index (Phi) is 8.18. The first-order valence-electron chi connectivity index (χ1n) is 11.8. The molecule has 0 aliphatic carbocycles. The van der Waals surface area contributed by atoms with Gasteiger partial charge in [0.2, 0.25) is 5.91 Å². The summed E-state index contributed by atoms with van der Waals surface area (Å²) in [6.45, 7) is 8.40. The molecule has 1 saturated heterocycles. The summed E-state index contributed by atoms with van der Waals surface area (Å²) in [7, 11) is 0. The number of benzene rings is 2. The van der Waals surface area contributed by atoms with Gasteiger partial charge in [-0.15, -0.1) is 10.2 Å². The molecule has 1 aliphatic heterocycles. The van der Waals surface area contributed by atoms with E-state index in [9.17, 15) is 4.79 Å². The zero-order chi connectivity index (χ0) is 23.0. The summed E-state index contributed by atoms with van der Waals surface area (Å²) in [5.74, 6) is 1.15. The zero-order valence-electron chi connectivity index (χ0n) is 19.5.